The van der Waals surface area contributed by atoms with Gasteiger partial charge in [0.25, 0.3) is 0 Å². The molecule has 0 aliphatic carbocycles. The zero-order valence-corrected chi connectivity index (χ0v) is 10.4. The summed E-state index contributed by atoms with van der Waals surface area (Å²) in [6.45, 7) is 0. The van der Waals surface area contributed by atoms with Crippen LogP contribution in [0.15, 0.2) is 18.2 Å². The minimum atomic E-state index is -4.64. The number of benzene rings is 1. The lowest BCUT2D eigenvalue weighted by molar-refractivity contribution is -0.145. The highest BCUT2D eigenvalue weighted by Gasteiger charge is 2.38. The second-order valence-corrected chi connectivity index (χ2v) is 4.51. The number of aromatic nitrogens is 4. The Morgan fingerprint density at radius 1 is 1.11 bits per heavy atom. The lowest BCUT2D eigenvalue weighted by Crippen LogP contribution is -2.11. The van der Waals surface area contributed by atoms with Crippen LogP contribution in [-0.4, -0.2) is 19.6 Å². The molecule has 3 rings (SSSR count). The standard InChI is InChI=1S/C10H3Cl2F3N4/c11-4-1-2-6-5(3-4)16-7(12)8-17-18-9(19(6)8)10(13,14)15/h1-3H. The lowest BCUT2D eigenvalue weighted by Gasteiger charge is -2.07. The van der Waals surface area contributed by atoms with E-state index in [-0.39, 0.29) is 21.8 Å². The molecule has 0 aliphatic heterocycles. The molecule has 0 aliphatic rings. The van der Waals surface area contributed by atoms with E-state index >= 15 is 0 Å². The molecule has 4 nitrogen and oxygen atoms in total. The van der Waals surface area contributed by atoms with Crippen molar-refractivity contribution in [3.8, 4) is 0 Å². The molecule has 0 N–H and O–H groups in total. The van der Waals surface area contributed by atoms with Crippen molar-refractivity contribution >= 4 is 39.9 Å². The summed E-state index contributed by atoms with van der Waals surface area (Å²) < 4.78 is 39.5. The van der Waals surface area contributed by atoms with E-state index in [9.17, 15) is 13.2 Å². The average Bonchev–Trinajstić information content (AvgIpc) is 2.73. The molecule has 0 unspecified atom stereocenters. The molecule has 2 heterocycles. The fourth-order valence-electron chi connectivity index (χ4n) is 1.76. The summed E-state index contributed by atoms with van der Waals surface area (Å²) in [6, 6.07) is 4.29. The molecule has 0 fully saturated rings. The minimum absolute atomic E-state index is 0.149. The molecule has 0 radical (unpaired) electrons. The first-order valence-electron chi connectivity index (χ1n) is 4.95. The van der Waals surface area contributed by atoms with Crippen LogP contribution in [0.4, 0.5) is 13.2 Å². The highest BCUT2D eigenvalue weighted by molar-refractivity contribution is 6.33. The van der Waals surface area contributed by atoms with Crippen LogP contribution in [0.3, 0.4) is 0 Å². The van der Waals surface area contributed by atoms with Gasteiger partial charge in [-0.2, -0.15) is 13.2 Å². The summed E-state index contributed by atoms with van der Waals surface area (Å²) in [4.78, 5) is 3.95. The molecular formula is C10H3Cl2F3N4. The maximum atomic E-state index is 12.9. The maximum Gasteiger partial charge on any atom is 0.452 e. The predicted octanol–water partition coefficient (Wildman–Crippen LogP) is 3.60. The molecule has 0 atom stereocenters. The molecule has 3 aromatic rings. The summed E-state index contributed by atoms with van der Waals surface area (Å²) in [5.41, 5.74) is 0.264. The van der Waals surface area contributed by atoms with Crippen molar-refractivity contribution in [3.05, 3.63) is 34.2 Å². The summed E-state index contributed by atoms with van der Waals surface area (Å²) >= 11 is 11.6. The summed E-state index contributed by atoms with van der Waals surface area (Å²) in [5, 5.41) is 6.73. The summed E-state index contributed by atoms with van der Waals surface area (Å²) in [7, 11) is 0. The fourth-order valence-corrected chi connectivity index (χ4v) is 2.14. The molecule has 98 valence electrons. The van der Waals surface area contributed by atoms with Gasteiger partial charge in [0, 0.05) is 5.02 Å². The van der Waals surface area contributed by atoms with E-state index in [0.717, 1.165) is 4.40 Å². The first-order chi connectivity index (χ1) is 8.88. The molecule has 0 saturated heterocycles. The van der Waals surface area contributed by atoms with Crippen LogP contribution >= 0.6 is 23.2 Å². The summed E-state index contributed by atoms with van der Waals surface area (Å²) in [6.07, 6.45) is -4.64. The molecule has 0 saturated carbocycles. The van der Waals surface area contributed by atoms with Crippen LogP contribution in [0.5, 0.6) is 0 Å². The van der Waals surface area contributed by atoms with Gasteiger partial charge in [-0.25, -0.2) is 4.98 Å². The van der Waals surface area contributed by atoms with Crippen molar-refractivity contribution in [1.82, 2.24) is 19.6 Å². The molecule has 1 aromatic carbocycles. The smallest absolute Gasteiger partial charge is 0.267 e. The van der Waals surface area contributed by atoms with Crippen LogP contribution in [-0.2, 0) is 6.18 Å². The lowest BCUT2D eigenvalue weighted by atomic mass is 10.3. The van der Waals surface area contributed by atoms with E-state index in [1.807, 2.05) is 0 Å². The average molecular weight is 307 g/mol. The largest absolute Gasteiger partial charge is 0.452 e. The van der Waals surface area contributed by atoms with Crippen LogP contribution in [0.1, 0.15) is 5.82 Å². The maximum absolute atomic E-state index is 12.9. The Morgan fingerprint density at radius 3 is 2.53 bits per heavy atom. The van der Waals surface area contributed by atoms with Crippen molar-refractivity contribution in [2.45, 2.75) is 6.18 Å². The first-order valence-corrected chi connectivity index (χ1v) is 5.70. The third kappa shape index (κ3) is 1.89. The van der Waals surface area contributed by atoms with Gasteiger partial charge in [0.15, 0.2) is 10.8 Å². The Bertz CT molecular complexity index is 797. The van der Waals surface area contributed by atoms with E-state index < -0.39 is 12.0 Å². The molecule has 19 heavy (non-hydrogen) atoms. The van der Waals surface area contributed by atoms with Crippen LogP contribution in [0, 0.1) is 0 Å². The molecule has 2 aromatic heterocycles. The molecule has 0 spiro atoms. The van der Waals surface area contributed by atoms with E-state index in [0.29, 0.717) is 5.02 Å². The summed E-state index contributed by atoms with van der Waals surface area (Å²) in [5.74, 6) is -1.15. The van der Waals surface area contributed by atoms with Gasteiger partial charge in [-0.1, -0.05) is 23.2 Å². The number of alkyl halides is 3. The van der Waals surface area contributed by atoms with Crippen LogP contribution in [0.2, 0.25) is 10.2 Å². The van der Waals surface area contributed by atoms with Gasteiger partial charge in [-0.15, -0.1) is 10.2 Å². The quantitative estimate of drug-likeness (QED) is 0.637. The molecule has 0 bridgehead atoms. The third-order valence-electron chi connectivity index (χ3n) is 2.50. The Morgan fingerprint density at radius 2 is 1.84 bits per heavy atom. The number of nitrogens with zero attached hydrogens (tertiary/aromatic N) is 4. The number of hydrogen-bond donors (Lipinski definition) is 0. The topological polar surface area (TPSA) is 43.1 Å². The second kappa shape index (κ2) is 3.94. The van der Waals surface area contributed by atoms with E-state index in [2.05, 4.69) is 15.2 Å². The van der Waals surface area contributed by atoms with Gasteiger partial charge < -0.3 is 0 Å². The monoisotopic (exact) mass is 306 g/mol. The number of hydrogen-bond acceptors (Lipinski definition) is 3. The van der Waals surface area contributed by atoms with Crippen LogP contribution < -0.4 is 0 Å². The number of halogens is 5. The van der Waals surface area contributed by atoms with Crippen LogP contribution in [0.25, 0.3) is 16.7 Å². The minimum Gasteiger partial charge on any atom is -0.267 e. The van der Waals surface area contributed by atoms with Gasteiger partial charge in [-0.3, -0.25) is 4.40 Å². The third-order valence-corrected chi connectivity index (χ3v) is 2.99. The molecular weight excluding hydrogens is 304 g/mol. The van der Waals surface area contributed by atoms with Crippen molar-refractivity contribution in [2.75, 3.05) is 0 Å². The van der Waals surface area contributed by atoms with Gasteiger partial charge in [0.1, 0.15) is 0 Å². The van der Waals surface area contributed by atoms with E-state index in [1.165, 1.54) is 18.2 Å². The Balaban J connectivity index is 2.54. The Labute approximate surface area is 113 Å². The zero-order chi connectivity index (χ0) is 13.8. The van der Waals surface area contributed by atoms with E-state index in [4.69, 9.17) is 23.2 Å². The molecule has 9 heteroatoms. The fraction of sp³-hybridized carbons (Fsp3) is 0.100. The van der Waals surface area contributed by atoms with E-state index in [1.54, 1.807) is 0 Å². The van der Waals surface area contributed by atoms with Crippen molar-refractivity contribution < 1.29 is 13.2 Å². The number of rotatable bonds is 0. The first kappa shape index (κ1) is 12.4. The Hall–Kier alpha value is -1.60. The van der Waals surface area contributed by atoms with Crippen molar-refractivity contribution in [2.24, 2.45) is 0 Å². The molecule has 0 amide bonds. The van der Waals surface area contributed by atoms with Gasteiger partial charge in [0.2, 0.25) is 5.82 Å². The normalized spacial score (nSPS) is 12.5. The zero-order valence-electron chi connectivity index (χ0n) is 8.91. The number of fused-ring (bicyclic) bond motifs is 3. The highest BCUT2D eigenvalue weighted by Crippen LogP contribution is 2.32. The van der Waals surface area contributed by atoms with Gasteiger partial charge in [0.05, 0.1) is 11.0 Å². The Kier molecular flexibility index (Phi) is 2.58. The van der Waals surface area contributed by atoms with Crippen molar-refractivity contribution in [3.63, 3.8) is 0 Å². The highest BCUT2D eigenvalue weighted by atomic mass is 35.5. The van der Waals surface area contributed by atoms with Gasteiger partial charge in [-0.05, 0) is 18.2 Å². The predicted molar refractivity (Wildman–Crippen MR) is 63.3 cm³/mol. The SMILES string of the molecule is FC(F)(F)c1nnc2c(Cl)nc3cc(Cl)ccc3n12. The second-order valence-electron chi connectivity index (χ2n) is 3.72. The van der Waals surface area contributed by atoms with Crippen molar-refractivity contribution in [1.29, 1.82) is 0 Å². The van der Waals surface area contributed by atoms with Gasteiger partial charge >= 0.3 is 6.18 Å².